The van der Waals surface area contributed by atoms with E-state index in [1.165, 1.54) is 0 Å². The number of aryl methyl sites for hydroxylation is 1. The molecule has 1 aliphatic rings. The molecule has 2 heterocycles. The Labute approximate surface area is 106 Å². The van der Waals surface area contributed by atoms with Crippen LogP contribution in [0.1, 0.15) is 28.0 Å². The Hall–Kier alpha value is -1.69. The van der Waals surface area contributed by atoms with Gasteiger partial charge in [-0.3, -0.25) is 0 Å². The van der Waals surface area contributed by atoms with Crippen molar-refractivity contribution < 1.29 is 14.6 Å². The van der Waals surface area contributed by atoms with Crippen LogP contribution in [0.2, 0.25) is 0 Å². The van der Waals surface area contributed by atoms with Crippen molar-refractivity contribution in [2.75, 3.05) is 31.2 Å². The van der Waals surface area contributed by atoms with Gasteiger partial charge in [0.25, 0.3) is 0 Å². The molecular weight excluding hydrogens is 234 g/mol. The van der Waals surface area contributed by atoms with E-state index in [0.29, 0.717) is 36.8 Å². The summed E-state index contributed by atoms with van der Waals surface area (Å²) < 4.78 is 5.36. The first-order valence-electron chi connectivity index (χ1n) is 6.01. The van der Waals surface area contributed by atoms with Crippen molar-refractivity contribution in [3.05, 3.63) is 16.8 Å². The molecule has 6 nitrogen and oxygen atoms in total. The van der Waals surface area contributed by atoms with Crippen molar-refractivity contribution in [2.24, 2.45) is 0 Å². The normalized spacial score (nSPS) is 16.4. The van der Waals surface area contributed by atoms with Crippen molar-refractivity contribution in [1.82, 2.24) is 10.2 Å². The predicted molar refractivity (Wildman–Crippen MR) is 66.1 cm³/mol. The highest BCUT2D eigenvalue weighted by molar-refractivity contribution is 5.95. The Morgan fingerprint density at radius 2 is 2.06 bits per heavy atom. The third-order valence-corrected chi connectivity index (χ3v) is 3.17. The largest absolute Gasteiger partial charge is 0.478 e. The lowest BCUT2D eigenvalue weighted by molar-refractivity contribution is 0.0696. The molecule has 1 saturated heterocycles. The van der Waals surface area contributed by atoms with Crippen LogP contribution in [0.4, 0.5) is 5.82 Å². The van der Waals surface area contributed by atoms with Gasteiger partial charge < -0.3 is 14.7 Å². The number of hydrogen-bond acceptors (Lipinski definition) is 5. The molecule has 1 N–H and O–H groups in total. The molecule has 6 heteroatoms. The first-order chi connectivity index (χ1) is 8.61. The Morgan fingerprint density at radius 1 is 1.28 bits per heavy atom. The van der Waals surface area contributed by atoms with Gasteiger partial charge in [0.1, 0.15) is 5.56 Å². The molecule has 0 aromatic carbocycles. The van der Waals surface area contributed by atoms with E-state index in [2.05, 4.69) is 10.2 Å². The van der Waals surface area contributed by atoms with Gasteiger partial charge in [0, 0.05) is 19.7 Å². The summed E-state index contributed by atoms with van der Waals surface area (Å²) >= 11 is 0. The number of aromatic carboxylic acids is 1. The highest BCUT2D eigenvalue weighted by Crippen LogP contribution is 2.22. The van der Waals surface area contributed by atoms with Crippen LogP contribution in [-0.2, 0) is 4.74 Å². The van der Waals surface area contributed by atoms with E-state index in [4.69, 9.17) is 4.74 Å². The maximum absolute atomic E-state index is 11.4. The van der Waals surface area contributed by atoms with Crippen molar-refractivity contribution >= 4 is 11.8 Å². The lowest BCUT2D eigenvalue weighted by atomic mass is 10.1. The second-order valence-corrected chi connectivity index (χ2v) is 4.37. The van der Waals surface area contributed by atoms with Gasteiger partial charge in [0.2, 0.25) is 0 Å². The topological polar surface area (TPSA) is 75.5 Å². The van der Waals surface area contributed by atoms with Gasteiger partial charge in [-0.1, -0.05) is 0 Å². The summed E-state index contributed by atoms with van der Waals surface area (Å²) in [6.45, 7) is 6.23. The van der Waals surface area contributed by atoms with Crippen LogP contribution < -0.4 is 4.90 Å². The zero-order chi connectivity index (χ0) is 13.1. The van der Waals surface area contributed by atoms with Crippen molar-refractivity contribution in [2.45, 2.75) is 20.3 Å². The van der Waals surface area contributed by atoms with E-state index in [1.54, 1.807) is 13.8 Å². The number of carboxylic acid groups (broad SMARTS) is 1. The Balaban J connectivity index is 2.42. The number of nitrogens with zero attached hydrogens (tertiary/aromatic N) is 3. The van der Waals surface area contributed by atoms with Crippen molar-refractivity contribution in [3.8, 4) is 0 Å². The molecule has 0 spiro atoms. The lowest BCUT2D eigenvalue weighted by Gasteiger charge is -2.22. The molecule has 98 valence electrons. The molecule has 0 radical (unpaired) electrons. The number of carbonyl (C=O) groups is 1. The second kappa shape index (κ2) is 5.30. The van der Waals surface area contributed by atoms with Gasteiger partial charge in [-0.2, -0.15) is 5.10 Å². The monoisotopic (exact) mass is 251 g/mol. The van der Waals surface area contributed by atoms with E-state index in [0.717, 1.165) is 13.0 Å². The van der Waals surface area contributed by atoms with Crippen LogP contribution in [0.5, 0.6) is 0 Å². The molecular formula is C12H17N3O3. The van der Waals surface area contributed by atoms with Gasteiger partial charge >= 0.3 is 5.97 Å². The van der Waals surface area contributed by atoms with Crippen LogP contribution in [-0.4, -0.2) is 47.6 Å². The van der Waals surface area contributed by atoms with E-state index < -0.39 is 5.97 Å². The summed E-state index contributed by atoms with van der Waals surface area (Å²) in [5, 5.41) is 17.4. The van der Waals surface area contributed by atoms with E-state index in [-0.39, 0.29) is 5.56 Å². The summed E-state index contributed by atoms with van der Waals surface area (Å²) in [6.07, 6.45) is 0.869. The summed E-state index contributed by atoms with van der Waals surface area (Å²) in [7, 11) is 0. The molecule has 0 atom stereocenters. The molecule has 0 aliphatic carbocycles. The molecule has 1 fully saturated rings. The van der Waals surface area contributed by atoms with Crippen LogP contribution in [0.15, 0.2) is 0 Å². The number of rotatable bonds is 2. The number of anilines is 1. The summed E-state index contributed by atoms with van der Waals surface area (Å²) in [4.78, 5) is 13.3. The lowest BCUT2D eigenvalue weighted by Crippen LogP contribution is -2.29. The number of aromatic nitrogens is 2. The van der Waals surface area contributed by atoms with Gasteiger partial charge in [0.15, 0.2) is 5.82 Å². The minimum Gasteiger partial charge on any atom is -0.478 e. The number of ether oxygens (including phenoxy) is 1. The van der Waals surface area contributed by atoms with Crippen LogP contribution >= 0.6 is 0 Å². The van der Waals surface area contributed by atoms with Crippen molar-refractivity contribution in [1.29, 1.82) is 0 Å². The van der Waals surface area contributed by atoms with Gasteiger partial charge in [-0.05, 0) is 25.8 Å². The minimum atomic E-state index is -0.953. The molecule has 1 aromatic heterocycles. The van der Waals surface area contributed by atoms with E-state index >= 15 is 0 Å². The Morgan fingerprint density at radius 3 is 2.78 bits per heavy atom. The van der Waals surface area contributed by atoms with E-state index in [9.17, 15) is 9.90 Å². The maximum Gasteiger partial charge on any atom is 0.339 e. The summed E-state index contributed by atoms with van der Waals surface area (Å²) in [5.74, 6) is -0.498. The molecule has 0 saturated carbocycles. The zero-order valence-corrected chi connectivity index (χ0v) is 10.6. The molecule has 1 aromatic rings. The summed E-state index contributed by atoms with van der Waals surface area (Å²) in [5.41, 5.74) is 1.59. The van der Waals surface area contributed by atoms with Gasteiger partial charge in [-0.25, -0.2) is 4.79 Å². The third-order valence-electron chi connectivity index (χ3n) is 3.17. The second-order valence-electron chi connectivity index (χ2n) is 4.37. The Bertz CT molecular complexity index is 454. The SMILES string of the molecule is Cc1nnc(N2CCCOCC2)c(C(=O)O)c1C. The predicted octanol–water partition coefficient (Wildman–Crippen LogP) is 1.02. The summed E-state index contributed by atoms with van der Waals surface area (Å²) in [6, 6.07) is 0. The highest BCUT2D eigenvalue weighted by Gasteiger charge is 2.22. The van der Waals surface area contributed by atoms with Crippen LogP contribution in [0.3, 0.4) is 0 Å². The molecule has 0 unspecified atom stereocenters. The highest BCUT2D eigenvalue weighted by atomic mass is 16.5. The van der Waals surface area contributed by atoms with Crippen LogP contribution in [0, 0.1) is 13.8 Å². The fourth-order valence-corrected chi connectivity index (χ4v) is 2.03. The maximum atomic E-state index is 11.4. The van der Waals surface area contributed by atoms with E-state index in [1.807, 2.05) is 4.90 Å². The zero-order valence-electron chi connectivity index (χ0n) is 10.6. The average molecular weight is 251 g/mol. The smallest absolute Gasteiger partial charge is 0.339 e. The molecule has 0 amide bonds. The molecule has 1 aliphatic heterocycles. The quantitative estimate of drug-likeness (QED) is 0.845. The number of carboxylic acids is 1. The Kier molecular flexibility index (Phi) is 3.76. The minimum absolute atomic E-state index is 0.254. The van der Waals surface area contributed by atoms with Crippen molar-refractivity contribution in [3.63, 3.8) is 0 Å². The molecule has 2 rings (SSSR count). The third kappa shape index (κ3) is 2.43. The first kappa shape index (κ1) is 12.8. The van der Waals surface area contributed by atoms with Gasteiger partial charge in [-0.15, -0.1) is 5.10 Å². The van der Waals surface area contributed by atoms with Crippen LogP contribution in [0.25, 0.3) is 0 Å². The fraction of sp³-hybridized carbons (Fsp3) is 0.583. The number of hydrogen-bond donors (Lipinski definition) is 1. The standard InChI is InChI=1S/C12H17N3O3/c1-8-9(2)13-14-11(10(8)12(16)17)15-4-3-6-18-7-5-15/h3-7H2,1-2H3,(H,16,17). The van der Waals surface area contributed by atoms with Gasteiger partial charge in [0.05, 0.1) is 12.3 Å². The average Bonchev–Trinajstić information content (AvgIpc) is 2.60. The first-order valence-corrected chi connectivity index (χ1v) is 6.01. The molecule has 18 heavy (non-hydrogen) atoms. The molecule has 0 bridgehead atoms. The fourth-order valence-electron chi connectivity index (χ4n) is 2.03.